The molecule has 1 aromatic heterocycles. The molecular formula is C22H29N3O2S. The summed E-state index contributed by atoms with van der Waals surface area (Å²) in [5.41, 5.74) is 2.64. The molecule has 5 nitrogen and oxygen atoms in total. The molecule has 0 saturated heterocycles. The number of fused-ring (bicyclic) bond motifs is 1. The lowest BCUT2D eigenvalue weighted by molar-refractivity contribution is 0.0948. The summed E-state index contributed by atoms with van der Waals surface area (Å²) in [6.07, 6.45) is 4.60. The fourth-order valence-electron chi connectivity index (χ4n) is 3.47. The summed E-state index contributed by atoms with van der Waals surface area (Å²) in [5.74, 6) is -0.160. The molecule has 0 spiro atoms. The van der Waals surface area contributed by atoms with Crippen LogP contribution in [-0.4, -0.2) is 42.9 Å². The standard InChI is InChI=1S/C22H29N3O2S/c1-3-25(4-2)14-13-23-21(26)16-9-11-18(12-10-16)24-22(27)20-15-17-7-5-6-8-19(17)28-20/h9-12,15H,3-8,13-14H2,1-2H3,(H,23,26)(H,24,27). The number of anilines is 1. The van der Waals surface area contributed by atoms with E-state index < -0.39 is 0 Å². The minimum atomic E-state index is -0.0871. The molecule has 0 aliphatic heterocycles. The zero-order chi connectivity index (χ0) is 19.9. The molecule has 28 heavy (non-hydrogen) atoms. The van der Waals surface area contributed by atoms with Crippen LogP contribution in [0, 0.1) is 0 Å². The Hall–Kier alpha value is -2.18. The monoisotopic (exact) mass is 399 g/mol. The maximum Gasteiger partial charge on any atom is 0.265 e. The van der Waals surface area contributed by atoms with Crippen LogP contribution in [-0.2, 0) is 12.8 Å². The van der Waals surface area contributed by atoms with Crippen molar-refractivity contribution in [2.75, 3.05) is 31.5 Å². The molecule has 0 radical (unpaired) electrons. The molecule has 6 heteroatoms. The first-order chi connectivity index (χ1) is 13.6. The molecule has 1 aromatic carbocycles. The highest BCUT2D eigenvalue weighted by Gasteiger charge is 2.17. The van der Waals surface area contributed by atoms with Gasteiger partial charge in [0.2, 0.25) is 0 Å². The Balaban J connectivity index is 1.53. The number of hydrogen-bond acceptors (Lipinski definition) is 4. The molecule has 150 valence electrons. The van der Waals surface area contributed by atoms with Gasteiger partial charge >= 0.3 is 0 Å². The normalized spacial score (nSPS) is 13.2. The number of rotatable bonds is 8. The van der Waals surface area contributed by atoms with Gasteiger partial charge in [0.25, 0.3) is 11.8 Å². The van der Waals surface area contributed by atoms with Crippen molar-refractivity contribution in [2.45, 2.75) is 39.5 Å². The number of likely N-dealkylation sites (N-methyl/N-ethyl adjacent to an activating group) is 1. The van der Waals surface area contributed by atoms with Crippen LogP contribution >= 0.6 is 11.3 Å². The van der Waals surface area contributed by atoms with E-state index in [2.05, 4.69) is 29.4 Å². The van der Waals surface area contributed by atoms with Gasteiger partial charge < -0.3 is 15.5 Å². The maximum absolute atomic E-state index is 12.5. The molecule has 0 saturated carbocycles. The van der Waals surface area contributed by atoms with Crippen molar-refractivity contribution in [1.82, 2.24) is 10.2 Å². The van der Waals surface area contributed by atoms with Gasteiger partial charge in [-0.05, 0) is 74.7 Å². The van der Waals surface area contributed by atoms with Gasteiger partial charge in [0.05, 0.1) is 4.88 Å². The average Bonchev–Trinajstić information content (AvgIpc) is 3.16. The summed E-state index contributed by atoms with van der Waals surface area (Å²) in [6, 6.07) is 9.10. The number of amides is 2. The van der Waals surface area contributed by atoms with Gasteiger partial charge in [-0.15, -0.1) is 11.3 Å². The van der Waals surface area contributed by atoms with Gasteiger partial charge in [0, 0.05) is 29.2 Å². The number of carbonyl (C=O) groups excluding carboxylic acids is 2. The summed E-state index contributed by atoms with van der Waals surface area (Å²) in [6.45, 7) is 7.66. The average molecular weight is 400 g/mol. The highest BCUT2D eigenvalue weighted by molar-refractivity contribution is 7.14. The van der Waals surface area contributed by atoms with Crippen LogP contribution in [0.4, 0.5) is 5.69 Å². The lowest BCUT2D eigenvalue weighted by atomic mass is 9.99. The van der Waals surface area contributed by atoms with E-state index in [1.54, 1.807) is 35.6 Å². The summed E-state index contributed by atoms with van der Waals surface area (Å²) < 4.78 is 0. The van der Waals surface area contributed by atoms with E-state index in [4.69, 9.17) is 0 Å². The third-order valence-electron chi connectivity index (χ3n) is 5.23. The number of nitrogens with zero attached hydrogens (tertiary/aromatic N) is 1. The number of benzene rings is 1. The number of nitrogens with one attached hydrogen (secondary N) is 2. The van der Waals surface area contributed by atoms with Gasteiger partial charge in [0.1, 0.15) is 0 Å². The molecule has 0 atom stereocenters. The van der Waals surface area contributed by atoms with Gasteiger partial charge in [0.15, 0.2) is 0 Å². The molecule has 2 aromatic rings. The van der Waals surface area contributed by atoms with E-state index >= 15 is 0 Å². The topological polar surface area (TPSA) is 61.4 Å². The van der Waals surface area contributed by atoms with Crippen LogP contribution in [0.25, 0.3) is 0 Å². The molecule has 0 fully saturated rings. The minimum Gasteiger partial charge on any atom is -0.351 e. The van der Waals surface area contributed by atoms with E-state index in [9.17, 15) is 9.59 Å². The van der Waals surface area contributed by atoms with Gasteiger partial charge in [-0.3, -0.25) is 9.59 Å². The molecule has 2 N–H and O–H groups in total. The largest absolute Gasteiger partial charge is 0.351 e. The van der Waals surface area contributed by atoms with Crippen molar-refractivity contribution < 1.29 is 9.59 Å². The van der Waals surface area contributed by atoms with Crippen molar-refractivity contribution in [3.05, 3.63) is 51.2 Å². The first kappa shape index (κ1) is 20.6. The molecule has 2 amide bonds. The predicted octanol–water partition coefficient (Wildman–Crippen LogP) is 3.95. The number of thiophene rings is 1. The van der Waals surface area contributed by atoms with Gasteiger partial charge in [-0.1, -0.05) is 13.8 Å². The van der Waals surface area contributed by atoms with Crippen molar-refractivity contribution in [2.24, 2.45) is 0 Å². The van der Waals surface area contributed by atoms with Crippen LogP contribution in [0.3, 0.4) is 0 Å². The van der Waals surface area contributed by atoms with Crippen molar-refractivity contribution in [3.8, 4) is 0 Å². The number of aryl methyl sites for hydroxylation is 2. The molecular weight excluding hydrogens is 370 g/mol. The second-order valence-electron chi connectivity index (χ2n) is 7.08. The van der Waals surface area contributed by atoms with E-state index in [1.165, 1.54) is 23.3 Å². The Morgan fingerprint density at radius 3 is 2.43 bits per heavy atom. The zero-order valence-corrected chi connectivity index (χ0v) is 17.5. The Labute approximate surface area is 171 Å². The molecule has 0 unspecified atom stereocenters. The maximum atomic E-state index is 12.5. The van der Waals surface area contributed by atoms with Crippen LogP contribution in [0.2, 0.25) is 0 Å². The van der Waals surface area contributed by atoms with E-state index in [0.717, 1.165) is 37.4 Å². The van der Waals surface area contributed by atoms with Crippen molar-refractivity contribution in [1.29, 1.82) is 0 Å². The first-order valence-corrected chi connectivity index (χ1v) is 11.0. The van der Waals surface area contributed by atoms with Crippen LogP contribution in [0.5, 0.6) is 0 Å². The fourth-order valence-corrected chi connectivity index (χ4v) is 4.62. The Bertz CT molecular complexity index is 786. The zero-order valence-electron chi connectivity index (χ0n) is 16.7. The molecule has 1 aliphatic rings. The molecule has 1 aliphatic carbocycles. The lowest BCUT2D eigenvalue weighted by Crippen LogP contribution is -2.34. The lowest BCUT2D eigenvalue weighted by Gasteiger charge is -2.17. The smallest absolute Gasteiger partial charge is 0.265 e. The SMILES string of the molecule is CCN(CC)CCNC(=O)c1ccc(NC(=O)c2cc3c(s2)CCCC3)cc1. The van der Waals surface area contributed by atoms with E-state index in [1.807, 2.05) is 6.07 Å². The fraction of sp³-hybridized carbons (Fsp3) is 0.455. The van der Waals surface area contributed by atoms with Gasteiger partial charge in [-0.25, -0.2) is 0 Å². The number of hydrogen-bond donors (Lipinski definition) is 2. The van der Waals surface area contributed by atoms with Crippen LogP contribution in [0.1, 0.15) is 57.2 Å². The third kappa shape index (κ3) is 5.20. The highest BCUT2D eigenvalue weighted by atomic mass is 32.1. The second-order valence-corrected chi connectivity index (χ2v) is 8.22. The van der Waals surface area contributed by atoms with Crippen molar-refractivity contribution in [3.63, 3.8) is 0 Å². The third-order valence-corrected chi connectivity index (χ3v) is 6.47. The highest BCUT2D eigenvalue weighted by Crippen LogP contribution is 2.30. The molecule has 1 heterocycles. The Morgan fingerprint density at radius 1 is 1.04 bits per heavy atom. The van der Waals surface area contributed by atoms with E-state index in [0.29, 0.717) is 17.8 Å². The first-order valence-electron chi connectivity index (χ1n) is 10.1. The second kappa shape index (κ2) is 9.85. The molecule has 0 bridgehead atoms. The number of carbonyl (C=O) groups is 2. The van der Waals surface area contributed by atoms with E-state index in [-0.39, 0.29) is 11.8 Å². The summed E-state index contributed by atoms with van der Waals surface area (Å²) in [4.78, 5) is 29.2. The quantitative estimate of drug-likeness (QED) is 0.706. The van der Waals surface area contributed by atoms with Crippen LogP contribution in [0.15, 0.2) is 30.3 Å². The van der Waals surface area contributed by atoms with Gasteiger partial charge in [-0.2, -0.15) is 0 Å². The summed E-state index contributed by atoms with van der Waals surface area (Å²) >= 11 is 1.61. The summed E-state index contributed by atoms with van der Waals surface area (Å²) in [5, 5.41) is 5.89. The minimum absolute atomic E-state index is 0.0733. The Morgan fingerprint density at radius 2 is 1.75 bits per heavy atom. The van der Waals surface area contributed by atoms with Crippen LogP contribution < -0.4 is 10.6 Å². The van der Waals surface area contributed by atoms with Crippen molar-refractivity contribution >= 4 is 28.8 Å². The molecule has 3 rings (SSSR count). The summed E-state index contributed by atoms with van der Waals surface area (Å²) in [7, 11) is 0. The Kier molecular flexibility index (Phi) is 7.23. The predicted molar refractivity (Wildman–Crippen MR) is 115 cm³/mol.